The molecule has 1 saturated heterocycles. The van der Waals surface area contributed by atoms with E-state index in [0.29, 0.717) is 6.54 Å². The largest absolute Gasteiger partial charge is 0.351 e. The van der Waals surface area contributed by atoms with E-state index < -0.39 is 0 Å². The summed E-state index contributed by atoms with van der Waals surface area (Å²) in [4.78, 5) is 12.8. The molecule has 1 heterocycles. The summed E-state index contributed by atoms with van der Waals surface area (Å²) < 4.78 is 13.2. The smallest absolute Gasteiger partial charge is 0.237 e. The topological polar surface area (TPSA) is 41.1 Å². The zero-order chi connectivity index (χ0) is 13.0. The van der Waals surface area contributed by atoms with Crippen molar-refractivity contribution in [1.29, 1.82) is 0 Å². The van der Waals surface area contributed by atoms with E-state index in [-0.39, 0.29) is 30.2 Å². The van der Waals surface area contributed by atoms with E-state index in [4.69, 9.17) is 0 Å². The molecule has 0 radical (unpaired) electrons. The van der Waals surface area contributed by atoms with Gasteiger partial charge in [0.15, 0.2) is 0 Å². The Labute approximate surface area is 123 Å². The maximum absolute atomic E-state index is 13.2. The third-order valence-corrected chi connectivity index (χ3v) is 3.91. The zero-order valence-corrected chi connectivity index (χ0v) is 12.4. The van der Waals surface area contributed by atoms with Crippen LogP contribution in [-0.2, 0) is 11.3 Å². The first-order chi connectivity index (χ1) is 8.70. The van der Waals surface area contributed by atoms with Crippen molar-refractivity contribution >= 4 is 30.1 Å². The minimum absolute atomic E-state index is 0. The molecular formula is C13H18ClFN2OS. The monoisotopic (exact) mass is 304 g/mol. The Morgan fingerprint density at radius 1 is 1.58 bits per heavy atom. The van der Waals surface area contributed by atoms with Gasteiger partial charge in [0.05, 0.1) is 6.04 Å². The predicted molar refractivity (Wildman–Crippen MR) is 78.3 cm³/mol. The second-order valence-corrected chi connectivity index (χ2v) is 5.17. The molecule has 1 aromatic carbocycles. The van der Waals surface area contributed by atoms with Gasteiger partial charge in [0, 0.05) is 11.4 Å². The van der Waals surface area contributed by atoms with Crippen LogP contribution in [0.25, 0.3) is 0 Å². The fraction of sp³-hybridized carbons (Fsp3) is 0.462. The molecule has 1 atom stereocenters. The van der Waals surface area contributed by atoms with Gasteiger partial charge >= 0.3 is 0 Å². The van der Waals surface area contributed by atoms with Gasteiger partial charge in [-0.1, -0.05) is 0 Å². The van der Waals surface area contributed by atoms with E-state index in [0.717, 1.165) is 29.8 Å². The lowest BCUT2D eigenvalue weighted by Gasteiger charge is -2.13. The van der Waals surface area contributed by atoms with Crippen LogP contribution in [0.15, 0.2) is 23.1 Å². The first-order valence-electron chi connectivity index (χ1n) is 6.04. The fourth-order valence-corrected chi connectivity index (χ4v) is 2.70. The highest BCUT2D eigenvalue weighted by Crippen LogP contribution is 2.21. The Morgan fingerprint density at radius 2 is 2.37 bits per heavy atom. The number of hydrogen-bond acceptors (Lipinski definition) is 3. The summed E-state index contributed by atoms with van der Waals surface area (Å²) in [5.41, 5.74) is 0.828. The fourth-order valence-electron chi connectivity index (χ4n) is 2.10. The highest BCUT2D eigenvalue weighted by atomic mass is 35.5. The van der Waals surface area contributed by atoms with Crippen LogP contribution in [0.5, 0.6) is 0 Å². The quantitative estimate of drug-likeness (QED) is 0.839. The molecule has 0 spiro atoms. The number of carbonyl (C=O) groups excluding carboxylic acids is 1. The first kappa shape index (κ1) is 16.3. The molecule has 0 aromatic heterocycles. The van der Waals surface area contributed by atoms with Gasteiger partial charge in [-0.3, -0.25) is 4.79 Å². The summed E-state index contributed by atoms with van der Waals surface area (Å²) in [6.45, 7) is 1.28. The lowest BCUT2D eigenvalue weighted by molar-refractivity contribution is -0.122. The summed E-state index contributed by atoms with van der Waals surface area (Å²) in [6.07, 6.45) is 3.86. The van der Waals surface area contributed by atoms with Gasteiger partial charge in [-0.05, 0) is 49.4 Å². The lowest BCUT2D eigenvalue weighted by Crippen LogP contribution is -2.40. The summed E-state index contributed by atoms with van der Waals surface area (Å²) >= 11 is 1.55. The molecule has 1 aromatic rings. The van der Waals surface area contributed by atoms with E-state index in [2.05, 4.69) is 10.6 Å². The Morgan fingerprint density at radius 3 is 3.00 bits per heavy atom. The van der Waals surface area contributed by atoms with Crippen molar-refractivity contribution in [3.63, 3.8) is 0 Å². The molecule has 3 nitrogen and oxygen atoms in total. The predicted octanol–water partition coefficient (Wildman–Crippen LogP) is 2.34. The molecule has 2 N–H and O–H groups in total. The Bertz CT molecular complexity index is 439. The van der Waals surface area contributed by atoms with Crippen molar-refractivity contribution in [2.24, 2.45) is 0 Å². The molecule has 0 saturated carbocycles. The molecule has 0 bridgehead atoms. The summed E-state index contributed by atoms with van der Waals surface area (Å²) in [5, 5.41) is 6.00. The average Bonchev–Trinajstić information content (AvgIpc) is 2.90. The number of nitrogens with one attached hydrogen (secondary N) is 2. The summed E-state index contributed by atoms with van der Waals surface area (Å²) in [7, 11) is 0. The van der Waals surface area contributed by atoms with Crippen LogP contribution >= 0.6 is 24.2 Å². The van der Waals surface area contributed by atoms with Crippen molar-refractivity contribution in [1.82, 2.24) is 10.6 Å². The molecule has 1 amide bonds. The maximum Gasteiger partial charge on any atom is 0.237 e. The zero-order valence-electron chi connectivity index (χ0n) is 10.7. The third kappa shape index (κ3) is 4.37. The molecule has 1 unspecified atom stereocenters. The van der Waals surface area contributed by atoms with Crippen molar-refractivity contribution in [3.05, 3.63) is 29.6 Å². The Kier molecular flexibility index (Phi) is 6.62. The normalized spacial score (nSPS) is 17.9. The van der Waals surface area contributed by atoms with Gasteiger partial charge in [0.25, 0.3) is 0 Å². The van der Waals surface area contributed by atoms with E-state index in [9.17, 15) is 9.18 Å². The third-order valence-electron chi connectivity index (χ3n) is 3.07. The van der Waals surface area contributed by atoms with Crippen molar-refractivity contribution in [2.45, 2.75) is 30.3 Å². The van der Waals surface area contributed by atoms with Gasteiger partial charge < -0.3 is 10.6 Å². The highest BCUT2D eigenvalue weighted by molar-refractivity contribution is 7.98. The maximum atomic E-state index is 13.2. The molecule has 1 aliphatic rings. The van der Waals surface area contributed by atoms with Crippen LogP contribution in [0.2, 0.25) is 0 Å². The standard InChI is InChI=1S/C13H17FN2OS.ClH/c1-18-12-5-4-10(14)7-9(12)8-16-13(17)11-3-2-6-15-11;/h4-5,7,11,15H,2-3,6,8H2,1H3,(H,16,17);1H. The number of carbonyl (C=O) groups is 1. The van der Waals surface area contributed by atoms with Gasteiger partial charge in [-0.25, -0.2) is 4.39 Å². The minimum atomic E-state index is -0.268. The first-order valence-corrected chi connectivity index (χ1v) is 7.26. The lowest BCUT2D eigenvalue weighted by atomic mass is 10.2. The van der Waals surface area contributed by atoms with Gasteiger partial charge in [-0.2, -0.15) is 0 Å². The van der Waals surface area contributed by atoms with Crippen LogP contribution < -0.4 is 10.6 Å². The Hall–Kier alpha value is -0.780. The number of thioether (sulfide) groups is 1. The van der Waals surface area contributed by atoms with Crippen LogP contribution in [0.1, 0.15) is 18.4 Å². The van der Waals surface area contributed by atoms with E-state index in [1.165, 1.54) is 12.1 Å². The van der Waals surface area contributed by atoms with Crippen LogP contribution in [0.4, 0.5) is 4.39 Å². The van der Waals surface area contributed by atoms with Crippen LogP contribution in [0.3, 0.4) is 0 Å². The summed E-state index contributed by atoms with van der Waals surface area (Å²) in [5.74, 6) is -0.264. The summed E-state index contributed by atoms with van der Waals surface area (Å²) in [6, 6.07) is 4.58. The van der Waals surface area contributed by atoms with Crippen LogP contribution in [-0.4, -0.2) is 24.7 Å². The molecule has 19 heavy (non-hydrogen) atoms. The number of hydrogen-bond donors (Lipinski definition) is 2. The molecule has 6 heteroatoms. The average molecular weight is 305 g/mol. The van der Waals surface area contributed by atoms with E-state index in [1.807, 2.05) is 6.26 Å². The molecule has 1 fully saturated rings. The molecule has 2 rings (SSSR count). The van der Waals surface area contributed by atoms with Crippen LogP contribution in [0, 0.1) is 5.82 Å². The number of rotatable bonds is 4. The minimum Gasteiger partial charge on any atom is -0.351 e. The number of halogens is 2. The SMILES string of the molecule is CSc1ccc(F)cc1CNC(=O)C1CCCN1.Cl. The van der Waals surface area contributed by atoms with Gasteiger partial charge in [0.1, 0.15) is 5.82 Å². The molecular weight excluding hydrogens is 287 g/mol. The van der Waals surface area contributed by atoms with Crippen molar-refractivity contribution < 1.29 is 9.18 Å². The Balaban J connectivity index is 0.00000180. The molecule has 106 valence electrons. The molecule has 0 aliphatic carbocycles. The molecule has 1 aliphatic heterocycles. The van der Waals surface area contributed by atoms with E-state index in [1.54, 1.807) is 17.8 Å². The van der Waals surface area contributed by atoms with Crippen molar-refractivity contribution in [3.8, 4) is 0 Å². The number of benzene rings is 1. The van der Waals surface area contributed by atoms with Gasteiger partial charge in [0.2, 0.25) is 5.91 Å². The second kappa shape index (κ2) is 7.72. The van der Waals surface area contributed by atoms with E-state index >= 15 is 0 Å². The highest BCUT2D eigenvalue weighted by Gasteiger charge is 2.21. The van der Waals surface area contributed by atoms with Crippen molar-refractivity contribution in [2.75, 3.05) is 12.8 Å². The second-order valence-electron chi connectivity index (χ2n) is 4.32. The van der Waals surface area contributed by atoms with Gasteiger partial charge in [-0.15, -0.1) is 24.2 Å². The number of amides is 1.